The van der Waals surface area contributed by atoms with E-state index in [1.165, 1.54) is 30.3 Å². The molecule has 15 nitrogen and oxygen atoms in total. The van der Waals surface area contributed by atoms with Gasteiger partial charge >= 0.3 is 29.8 Å². The number of aliphatic hydroxyl groups excluding tert-OH is 2. The predicted octanol–water partition coefficient (Wildman–Crippen LogP) is 0.506. The molecule has 2 heterocycles. The van der Waals surface area contributed by atoms with Crippen LogP contribution in [0.5, 0.6) is 5.75 Å². The lowest BCUT2D eigenvalue weighted by Crippen LogP contribution is -2.74. The number of carboxylic acid groups (broad SMARTS) is 2. The van der Waals surface area contributed by atoms with Gasteiger partial charge in [-0.15, -0.1) is 0 Å². The topological polar surface area (TPSA) is 227 Å². The average Bonchev–Trinajstić information content (AvgIpc) is 3.42. The van der Waals surface area contributed by atoms with E-state index in [1.54, 1.807) is 12.1 Å². The van der Waals surface area contributed by atoms with E-state index in [-0.39, 0.29) is 30.4 Å². The van der Waals surface area contributed by atoms with E-state index in [0.717, 1.165) is 11.1 Å². The first-order valence-electron chi connectivity index (χ1n) is 15.7. The van der Waals surface area contributed by atoms with Crippen molar-refractivity contribution >= 4 is 29.8 Å². The maximum Gasteiger partial charge on any atom is 0.353 e. The summed E-state index contributed by atoms with van der Waals surface area (Å²) in [4.78, 5) is 63.7. The van der Waals surface area contributed by atoms with Crippen molar-refractivity contribution in [1.29, 1.82) is 0 Å². The Morgan fingerprint density at radius 2 is 1.76 bits per heavy atom. The second-order valence-corrected chi connectivity index (χ2v) is 12.7. The molecule has 1 saturated heterocycles. The van der Waals surface area contributed by atoms with Crippen molar-refractivity contribution in [3.63, 3.8) is 0 Å². The largest absolute Gasteiger partial charge is 0.481 e. The molecular formula is C34H35NO14. The highest BCUT2D eigenvalue weighted by Crippen LogP contribution is 2.64. The van der Waals surface area contributed by atoms with E-state index in [4.69, 9.17) is 24.1 Å². The van der Waals surface area contributed by atoms with E-state index in [0.29, 0.717) is 30.7 Å². The van der Waals surface area contributed by atoms with Crippen LogP contribution in [0, 0.1) is 0 Å². The molecule has 260 valence electrons. The number of nitrogens with zero attached hydrogens (tertiary/aromatic N) is 1. The van der Waals surface area contributed by atoms with Crippen molar-refractivity contribution in [2.75, 3.05) is 13.6 Å². The third kappa shape index (κ3) is 5.71. The summed E-state index contributed by atoms with van der Waals surface area (Å²) in [5, 5.41) is 51.4. The quantitative estimate of drug-likeness (QED) is 0.152. The normalized spacial score (nSPS) is 26.6. The molecule has 49 heavy (non-hydrogen) atoms. The number of aliphatic carboxylic acids is 2. The molecule has 0 saturated carbocycles. The number of likely N-dealkylation sites (tertiary alicyclic amines) is 1. The monoisotopic (exact) mass is 681 g/mol. The summed E-state index contributed by atoms with van der Waals surface area (Å²) < 4.78 is 22.1. The summed E-state index contributed by atoms with van der Waals surface area (Å²) in [6.45, 7) is 0.292. The van der Waals surface area contributed by atoms with Crippen LogP contribution in [-0.4, -0.2) is 104 Å². The van der Waals surface area contributed by atoms with Crippen molar-refractivity contribution in [2.24, 2.45) is 0 Å². The van der Waals surface area contributed by atoms with Crippen LogP contribution in [0.15, 0.2) is 54.3 Å². The molecule has 1 spiro atoms. The van der Waals surface area contributed by atoms with E-state index >= 15 is 0 Å². The third-order valence-electron chi connectivity index (χ3n) is 9.94. The van der Waals surface area contributed by atoms with Crippen LogP contribution < -0.4 is 4.74 Å². The first kappa shape index (κ1) is 34.0. The van der Waals surface area contributed by atoms with E-state index in [1.807, 2.05) is 13.1 Å². The second-order valence-electron chi connectivity index (χ2n) is 12.7. The van der Waals surface area contributed by atoms with E-state index in [9.17, 15) is 44.4 Å². The number of rotatable bonds is 12. The van der Waals surface area contributed by atoms with Gasteiger partial charge in [0.2, 0.25) is 12.2 Å². The fourth-order valence-electron chi connectivity index (χ4n) is 7.66. The van der Waals surface area contributed by atoms with Crippen LogP contribution in [0.2, 0.25) is 0 Å². The standard InChI is InChI=1S/C34H35NO14/c1-35-12-11-33-26-18-7-8-19(16-36)27(26)49-29(33)21(9-10-34(33,45)23(35)13-18)46-31(43)20(37)14-25(40)48-28(17-5-3-2-4-6-17)32(44)47-22(30(41)42)15-24(38)39/h2-9,20,22-23,28-29,36-37,45H,10-16H2,1H3,(H,38,39)(H,41,42)/t20-,22-,23+,28-,29-,33-,34+/m0/s1. The van der Waals surface area contributed by atoms with Crippen molar-refractivity contribution in [2.45, 2.75) is 80.2 Å². The minimum atomic E-state index is -2.08. The lowest BCUT2D eigenvalue weighted by molar-refractivity contribution is -0.181. The molecule has 2 aliphatic heterocycles. The Balaban J connectivity index is 1.19. The van der Waals surface area contributed by atoms with Gasteiger partial charge in [-0.1, -0.05) is 42.5 Å². The Kier molecular flexibility index (Phi) is 8.96. The lowest BCUT2D eigenvalue weighted by atomic mass is 9.50. The van der Waals surface area contributed by atoms with Gasteiger partial charge in [0.25, 0.3) is 0 Å². The molecule has 0 unspecified atom stereocenters. The summed E-state index contributed by atoms with van der Waals surface area (Å²) in [5.41, 5.74) is -0.00528. The number of carboxylic acids is 2. The summed E-state index contributed by atoms with van der Waals surface area (Å²) in [5.74, 6) is -6.70. The van der Waals surface area contributed by atoms with Gasteiger partial charge in [0.1, 0.15) is 11.5 Å². The maximum absolute atomic E-state index is 13.2. The van der Waals surface area contributed by atoms with Gasteiger partial charge in [-0.3, -0.25) is 9.59 Å². The number of benzene rings is 2. The minimum Gasteiger partial charge on any atom is -0.481 e. The zero-order chi connectivity index (χ0) is 35.2. The van der Waals surface area contributed by atoms with Gasteiger partial charge in [-0.05, 0) is 38.1 Å². The molecule has 15 heteroatoms. The molecule has 7 atom stereocenters. The van der Waals surface area contributed by atoms with Crippen LogP contribution >= 0.6 is 0 Å². The van der Waals surface area contributed by atoms with E-state index < -0.39 is 78.1 Å². The Labute approximate surface area is 279 Å². The van der Waals surface area contributed by atoms with E-state index in [2.05, 4.69) is 4.90 Å². The highest BCUT2D eigenvalue weighted by Gasteiger charge is 2.72. The van der Waals surface area contributed by atoms with Gasteiger partial charge < -0.3 is 49.4 Å². The van der Waals surface area contributed by atoms with Crippen molar-refractivity contribution < 1.29 is 68.5 Å². The SMILES string of the molecule is CN1CC[C@]23c4c5ccc(CO)c4O[C@H]2C(OC(=O)[C@@H](O)CC(=O)O[C@H](C(=O)O[C@@H](CC(=O)O)C(=O)O)c2ccccc2)=CC[C@@]3(O)[C@H]1C5. The number of hydrogen-bond donors (Lipinski definition) is 5. The van der Waals surface area contributed by atoms with Crippen LogP contribution in [-0.2, 0) is 56.6 Å². The molecule has 0 aromatic heterocycles. The molecule has 2 aliphatic carbocycles. The minimum absolute atomic E-state index is 0.0298. The molecule has 1 fully saturated rings. The number of esters is 3. The van der Waals surface area contributed by atoms with Crippen LogP contribution in [0.1, 0.15) is 54.0 Å². The highest BCUT2D eigenvalue weighted by atomic mass is 16.6. The Morgan fingerprint density at radius 1 is 1.02 bits per heavy atom. The van der Waals surface area contributed by atoms with Crippen LogP contribution in [0.4, 0.5) is 0 Å². The van der Waals surface area contributed by atoms with Crippen LogP contribution in [0.3, 0.4) is 0 Å². The summed E-state index contributed by atoms with van der Waals surface area (Å²) in [7, 11) is 1.94. The number of likely N-dealkylation sites (N-methyl/N-ethyl adjacent to an activating group) is 1. The van der Waals surface area contributed by atoms with Gasteiger partial charge in [0.15, 0.2) is 12.2 Å². The molecule has 4 aliphatic rings. The first-order valence-corrected chi connectivity index (χ1v) is 15.7. The fraction of sp³-hybridized carbons (Fsp3) is 0.441. The van der Waals surface area contributed by atoms with Crippen molar-refractivity contribution in [3.8, 4) is 5.75 Å². The molecule has 2 aromatic rings. The first-order chi connectivity index (χ1) is 23.3. The highest BCUT2D eigenvalue weighted by molar-refractivity contribution is 5.87. The number of aliphatic hydroxyl groups is 3. The van der Waals surface area contributed by atoms with Gasteiger partial charge in [0, 0.05) is 29.2 Å². The summed E-state index contributed by atoms with van der Waals surface area (Å²) in [6.07, 6.45) is -6.38. The van der Waals surface area contributed by atoms with Gasteiger partial charge in [0.05, 0.1) is 30.5 Å². The molecule has 6 rings (SSSR count). The number of piperidine rings is 1. The number of ether oxygens (including phenoxy) is 4. The van der Waals surface area contributed by atoms with Crippen molar-refractivity contribution in [1.82, 2.24) is 4.90 Å². The number of carbonyl (C=O) groups is 5. The molecule has 2 aromatic carbocycles. The zero-order valence-corrected chi connectivity index (χ0v) is 26.3. The molecule has 0 radical (unpaired) electrons. The molecule has 5 N–H and O–H groups in total. The molecule has 0 amide bonds. The third-order valence-corrected chi connectivity index (χ3v) is 9.94. The Hall–Kier alpha value is -4.83. The van der Waals surface area contributed by atoms with Crippen LogP contribution in [0.25, 0.3) is 0 Å². The second kappa shape index (κ2) is 12.9. The fourth-order valence-corrected chi connectivity index (χ4v) is 7.66. The predicted molar refractivity (Wildman–Crippen MR) is 163 cm³/mol. The van der Waals surface area contributed by atoms with Gasteiger partial charge in [-0.25, -0.2) is 14.4 Å². The average molecular weight is 682 g/mol. The number of carbonyl (C=O) groups excluding carboxylic acids is 3. The Bertz CT molecular complexity index is 1720. The molecule has 2 bridgehead atoms. The smallest absolute Gasteiger partial charge is 0.353 e. The maximum atomic E-state index is 13.2. The van der Waals surface area contributed by atoms with Gasteiger partial charge in [-0.2, -0.15) is 0 Å². The summed E-state index contributed by atoms with van der Waals surface area (Å²) >= 11 is 0. The summed E-state index contributed by atoms with van der Waals surface area (Å²) in [6, 6.07) is 10.7. The zero-order valence-electron chi connectivity index (χ0n) is 26.3. The number of hydrogen-bond acceptors (Lipinski definition) is 13. The lowest BCUT2D eigenvalue weighted by Gasteiger charge is -2.61. The molecular weight excluding hydrogens is 646 g/mol. The van der Waals surface area contributed by atoms with Crippen molar-refractivity contribution in [3.05, 3.63) is 76.6 Å². The Morgan fingerprint density at radius 3 is 2.43 bits per heavy atom.